The first kappa shape index (κ1) is 12.0. The van der Waals surface area contributed by atoms with Gasteiger partial charge in [-0.15, -0.1) is 0 Å². The molecule has 1 aromatic rings. The quantitative estimate of drug-likeness (QED) is 0.871. The van der Waals surface area contributed by atoms with Crippen LogP contribution in [0.3, 0.4) is 0 Å². The highest BCUT2D eigenvalue weighted by atomic mass is 16.5. The molecule has 92 valence electrons. The molecule has 1 N–H and O–H groups in total. The summed E-state index contributed by atoms with van der Waals surface area (Å²) in [7, 11) is 0. The summed E-state index contributed by atoms with van der Waals surface area (Å²) in [5.74, 6) is -0.00779. The molecule has 0 radical (unpaired) electrons. The lowest BCUT2D eigenvalue weighted by molar-refractivity contribution is -0.139. The first-order chi connectivity index (χ1) is 7.98. The molecular weight excluding hydrogens is 216 g/mol. The fraction of sp³-hybridized carbons (Fsp3) is 0.500. The molecule has 0 heterocycles. The van der Waals surface area contributed by atoms with Crippen molar-refractivity contribution in [2.75, 3.05) is 6.61 Å². The van der Waals surface area contributed by atoms with Gasteiger partial charge in [0, 0.05) is 5.92 Å². The van der Waals surface area contributed by atoms with Gasteiger partial charge in [-0.25, -0.2) is 0 Å². The Balaban J connectivity index is 2.17. The van der Waals surface area contributed by atoms with Gasteiger partial charge in [-0.3, -0.25) is 4.79 Å². The molecule has 1 aromatic carbocycles. The number of aliphatic carboxylic acids is 1. The molecular formula is C14H18O3. The van der Waals surface area contributed by atoms with Gasteiger partial charge in [0.15, 0.2) is 0 Å². The third-order valence-electron chi connectivity index (χ3n) is 3.64. The number of rotatable bonds is 4. The number of benzene rings is 1. The van der Waals surface area contributed by atoms with E-state index in [0.29, 0.717) is 6.61 Å². The normalized spacial score (nSPS) is 25.4. The van der Waals surface area contributed by atoms with E-state index in [1.54, 1.807) is 0 Å². The summed E-state index contributed by atoms with van der Waals surface area (Å²) >= 11 is 0. The largest absolute Gasteiger partial charge is 0.494 e. The molecule has 0 saturated heterocycles. The van der Waals surface area contributed by atoms with Crippen LogP contribution >= 0.6 is 0 Å². The van der Waals surface area contributed by atoms with E-state index in [1.807, 2.05) is 45.0 Å². The average molecular weight is 234 g/mol. The third kappa shape index (κ3) is 2.02. The van der Waals surface area contributed by atoms with Gasteiger partial charge in [0.25, 0.3) is 0 Å². The Hall–Kier alpha value is -1.51. The second-order valence-corrected chi connectivity index (χ2v) is 5.12. The first-order valence-electron chi connectivity index (χ1n) is 5.94. The SMILES string of the molecule is CCOc1ccc([C@@H]2[C@@H](C(=O)O)C2(C)C)cc1. The van der Waals surface area contributed by atoms with Crippen molar-refractivity contribution in [1.82, 2.24) is 0 Å². The monoisotopic (exact) mass is 234 g/mol. The zero-order chi connectivity index (χ0) is 12.6. The highest BCUT2D eigenvalue weighted by molar-refractivity contribution is 5.77. The molecule has 1 saturated carbocycles. The van der Waals surface area contributed by atoms with Crippen molar-refractivity contribution in [3.8, 4) is 5.75 Å². The van der Waals surface area contributed by atoms with Crippen molar-refractivity contribution in [1.29, 1.82) is 0 Å². The fourth-order valence-electron chi connectivity index (χ4n) is 2.66. The Kier molecular flexibility index (Phi) is 2.86. The number of carboxylic acid groups (broad SMARTS) is 1. The molecule has 0 amide bonds. The van der Waals surface area contributed by atoms with E-state index in [1.165, 1.54) is 0 Å². The van der Waals surface area contributed by atoms with Gasteiger partial charge in [-0.05, 0) is 30.0 Å². The van der Waals surface area contributed by atoms with Crippen molar-refractivity contribution < 1.29 is 14.6 Å². The van der Waals surface area contributed by atoms with Crippen molar-refractivity contribution in [3.05, 3.63) is 29.8 Å². The molecule has 0 aliphatic heterocycles. The standard InChI is InChI=1S/C14H18O3/c1-4-17-10-7-5-9(6-8-10)11-12(13(15)16)14(11,2)3/h5-8,11-12H,4H2,1-3H3,(H,15,16)/t11-,12+/m1/s1. The number of carboxylic acids is 1. The Morgan fingerprint density at radius 2 is 1.94 bits per heavy atom. The van der Waals surface area contributed by atoms with Gasteiger partial charge in [-0.1, -0.05) is 26.0 Å². The van der Waals surface area contributed by atoms with E-state index < -0.39 is 5.97 Å². The van der Waals surface area contributed by atoms with Gasteiger partial charge in [0.05, 0.1) is 12.5 Å². The second kappa shape index (κ2) is 4.06. The van der Waals surface area contributed by atoms with Crippen LogP contribution in [0.4, 0.5) is 0 Å². The van der Waals surface area contributed by atoms with Crippen LogP contribution in [0.5, 0.6) is 5.75 Å². The van der Waals surface area contributed by atoms with Gasteiger partial charge >= 0.3 is 5.97 Å². The molecule has 17 heavy (non-hydrogen) atoms. The molecule has 1 fully saturated rings. The van der Waals surface area contributed by atoms with E-state index in [-0.39, 0.29) is 17.3 Å². The van der Waals surface area contributed by atoms with Crippen LogP contribution in [0.15, 0.2) is 24.3 Å². The van der Waals surface area contributed by atoms with E-state index in [9.17, 15) is 4.79 Å². The van der Waals surface area contributed by atoms with Crippen LogP contribution in [-0.4, -0.2) is 17.7 Å². The predicted octanol–water partition coefficient (Wildman–Crippen LogP) is 2.91. The average Bonchev–Trinajstić information content (AvgIpc) is 2.83. The summed E-state index contributed by atoms with van der Waals surface area (Å²) in [6.07, 6.45) is 0. The van der Waals surface area contributed by atoms with Crippen LogP contribution in [0.1, 0.15) is 32.3 Å². The van der Waals surface area contributed by atoms with Crippen LogP contribution < -0.4 is 4.74 Å². The zero-order valence-corrected chi connectivity index (χ0v) is 10.4. The first-order valence-corrected chi connectivity index (χ1v) is 5.94. The Morgan fingerprint density at radius 3 is 2.35 bits per heavy atom. The Labute approximate surface area is 101 Å². The Bertz CT molecular complexity index is 420. The summed E-state index contributed by atoms with van der Waals surface area (Å²) in [5, 5.41) is 9.13. The van der Waals surface area contributed by atoms with Crippen molar-refractivity contribution >= 4 is 5.97 Å². The topological polar surface area (TPSA) is 46.5 Å². The van der Waals surface area contributed by atoms with Gasteiger partial charge < -0.3 is 9.84 Å². The maximum atomic E-state index is 11.1. The number of hydrogen-bond acceptors (Lipinski definition) is 2. The van der Waals surface area contributed by atoms with Gasteiger partial charge in [0.2, 0.25) is 0 Å². The molecule has 0 bridgehead atoms. The number of hydrogen-bond donors (Lipinski definition) is 1. The van der Waals surface area contributed by atoms with Crippen LogP contribution in [0.2, 0.25) is 0 Å². The van der Waals surface area contributed by atoms with Crippen molar-refractivity contribution in [2.45, 2.75) is 26.7 Å². The van der Waals surface area contributed by atoms with Crippen LogP contribution in [0, 0.1) is 11.3 Å². The smallest absolute Gasteiger partial charge is 0.307 e. The van der Waals surface area contributed by atoms with Gasteiger partial charge in [0.1, 0.15) is 5.75 Å². The minimum Gasteiger partial charge on any atom is -0.494 e. The molecule has 0 unspecified atom stereocenters. The van der Waals surface area contributed by atoms with Crippen LogP contribution in [0.25, 0.3) is 0 Å². The summed E-state index contributed by atoms with van der Waals surface area (Å²) in [4.78, 5) is 11.1. The van der Waals surface area contributed by atoms with E-state index in [2.05, 4.69) is 0 Å². The van der Waals surface area contributed by atoms with Gasteiger partial charge in [-0.2, -0.15) is 0 Å². The molecule has 1 aliphatic rings. The van der Waals surface area contributed by atoms with Crippen LogP contribution in [-0.2, 0) is 4.79 Å². The lowest BCUT2D eigenvalue weighted by Gasteiger charge is -2.05. The van der Waals surface area contributed by atoms with E-state index in [4.69, 9.17) is 9.84 Å². The zero-order valence-electron chi connectivity index (χ0n) is 10.4. The lowest BCUT2D eigenvalue weighted by atomic mass is 10.0. The van der Waals surface area contributed by atoms with E-state index >= 15 is 0 Å². The molecule has 2 rings (SSSR count). The maximum Gasteiger partial charge on any atom is 0.307 e. The summed E-state index contributed by atoms with van der Waals surface area (Å²) < 4.78 is 5.37. The molecule has 0 aromatic heterocycles. The summed E-state index contributed by atoms with van der Waals surface area (Å²) in [6.45, 7) is 6.60. The predicted molar refractivity (Wildman–Crippen MR) is 65.3 cm³/mol. The van der Waals surface area contributed by atoms with E-state index in [0.717, 1.165) is 11.3 Å². The highest BCUT2D eigenvalue weighted by Gasteiger charge is 2.62. The van der Waals surface area contributed by atoms with Crippen molar-refractivity contribution in [2.24, 2.45) is 11.3 Å². The highest BCUT2D eigenvalue weighted by Crippen LogP contribution is 2.64. The second-order valence-electron chi connectivity index (χ2n) is 5.12. The molecule has 2 atom stereocenters. The number of carbonyl (C=O) groups is 1. The molecule has 3 nitrogen and oxygen atoms in total. The fourth-order valence-corrected chi connectivity index (χ4v) is 2.66. The minimum absolute atomic E-state index is 0.121. The lowest BCUT2D eigenvalue weighted by Crippen LogP contribution is -2.03. The minimum atomic E-state index is -0.700. The maximum absolute atomic E-state index is 11.1. The molecule has 3 heteroatoms. The summed E-state index contributed by atoms with van der Waals surface area (Å²) in [5.41, 5.74) is 0.949. The number of ether oxygens (including phenoxy) is 1. The molecule has 0 spiro atoms. The van der Waals surface area contributed by atoms with Crippen molar-refractivity contribution in [3.63, 3.8) is 0 Å². The molecule has 1 aliphatic carbocycles. The Morgan fingerprint density at radius 1 is 1.35 bits per heavy atom. The third-order valence-corrected chi connectivity index (χ3v) is 3.64. The summed E-state index contributed by atoms with van der Waals surface area (Å²) in [6, 6.07) is 7.76.